The van der Waals surface area contributed by atoms with E-state index >= 15 is 0 Å². The predicted octanol–water partition coefficient (Wildman–Crippen LogP) is 4.99. The first kappa shape index (κ1) is 22.0. The summed E-state index contributed by atoms with van der Waals surface area (Å²) in [7, 11) is -4.59. The maximum absolute atomic E-state index is 14.8. The first-order chi connectivity index (χ1) is 15.1. The van der Waals surface area contributed by atoms with E-state index in [0.717, 1.165) is 18.2 Å². The molecule has 0 fully saturated rings. The van der Waals surface area contributed by atoms with Gasteiger partial charge in [-0.05, 0) is 35.7 Å². The molecule has 1 amide bonds. The van der Waals surface area contributed by atoms with E-state index in [2.05, 4.69) is 5.32 Å². The fourth-order valence-electron chi connectivity index (χ4n) is 3.63. The fraction of sp³-hybridized carbons (Fsp3) is 0.136. The number of phenolic OH excluding ortho intramolecular Hbond substituents is 1. The first-order valence-corrected chi connectivity index (χ1v) is 11.4. The Bertz CT molecular complexity index is 1360. The summed E-state index contributed by atoms with van der Waals surface area (Å²) in [6, 6.07) is 9.77. The predicted molar refractivity (Wildman–Crippen MR) is 116 cm³/mol. The maximum Gasteiger partial charge on any atom is 0.265 e. The van der Waals surface area contributed by atoms with Gasteiger partial charge in [-0.3, -0.25) is 9.52 Å². The lowest BCUT2D eigenvalue weighted by Gasteiger charge is -2.21. The summed E-state index contributed by atoms with van der Waals surface area (Å²) < 4.78 is 57.2. The third kappa shape index (κ3) is 3.78. The molecule has 4 rings (SSSR count). The molecule has 4 bridgehead atoms. The second-order valence-corrected chi connectivity index (χ2v) is 9.30. The molecule has 3 N–H and O–H groups in total. The summed E-state index contributed by atoms with van der Waals surface area (Å²) in [5.74, 6) is -3.50. The van der Waals surface area contributed by atoms with Crippen LogP contribution in [0.5, 0.6) is 5.75 Å². The van der Waals surface area contributed by atoms with Crippen molar-refractivity contribution in [1.82, 2.24) is 5.32 Å². The Labute approximate surface area is 187 Å². The molecule has 1 atom stereocenters. The number of halogens is 3. The van der Waals surface area contributed by atoms with Crippen molar-refractivity contribution < 1.29 is 27.1 Å². The van der Waals surface area contributed by atoms with Crippen LogP contribution in [0.2, 0.25) is 5.02 Å². The number of amides is 1. The van der Waals surface area contributed by atoms with Gasteiger partial charge in [0.2, 0.25) is 0 Å². The molecule has 1 heterocycles. The van der Waals surface area contributed by atoms with E-state index in [1.165, 1.54) is 0 Å². The van der Waals surface area contributed by atoms with Crippen LogP contribution in [0.15, 0.2) is 53.4 Å². The second kappa shape index (κ2) is 8.07. The minimum Gasteiger partial charge on any atom is -0.505 e. The molecule has 6 nitrogen and oxygen atoms in total. The van der Waals surface area contributed by atoms with Crippen molar-refractivity contribution in [2.75, 3.05) is 4.72 Å². The Morgan fingerprint density at radius 1 is 1.06 bits per heavy atom. The highest BCUT2D eigenvalue weighted by Crippen LogP contribution is 2.38. The van der Waals surface area contributed by atoms with Crippen LogP contribution in [0.1, 0.15) is 35.3 Å². The van der Waals surface area contributed by atoms with Crippen LogP contribution in [0, 0.1) is 11.6 Å². The van der Waals surface area contributed by atoms with Crippen molar-refractivity contribution in [1.29, 1.82) is 0 Å². The van der Waals surface area contributed by atoms with Crippen molar-refractivity contribution in [2.45, 2.75) is 24.3 Å². The number of rotatable bonds is 1. The number of benzene rings is 3. The van der Waals surface area contributed by atoms with Crippen LogP contribution in [-0.2, 0) is 10.0 Å². The SMILES string of the molecule is CC[C@@H]1NC(=O)c2cc(Cl)c(O)c(c2)S(=O)(=O)Nc2cc(c(F)cc2F)-c2ccccc21. The van der Waals surface area contributed by atoms with Gasteiger partial charge in [0, 0.05) is 17.2 Å². The zero-order valence-electron chi connectivity index (χ0n) is 16.6. The molecule has 3 aromatic rings. The third-order valence-electron chi connectivity index (χ3n) is 5.22. The normalized spacial score (nSPS) is 17.1. The molecule has 0 spiro atoms. The van der Waals surface area contributed by atoms with E-state index in [9.17, 15) is 27.1 Å². The number of hydrogen-bond donors (Lipinski definition) is 3. The molecule has 1 aliphatic rings. The average molecular weight is 479 g/mol. The molecule has 0 aromatic heterocycles. The van der Waals surface area contributed by atoms with E-state index < -0.39 is 49.9 Å². The standard InChI is InChI=1S/C22H17ClF2N2O4S/c1-2-18-13-6-4-3-5-12(13)14-9-19(17(25)10-16(14)24)27-32(30,31)20-8-11(22(29)26-18)7-15(23)21(20)28/h3-10,18,27-28H,2H2,1H3,(H,26,29)/t18-/m0/s1. The number of fused-ring (bicyclic) bond motifs is 6. The number of carbonyl (C=O) groups is 1. The van der Waals surface area contributed by atoms with Gasteiger partial charge in [-0.1, -0.05) is 42.8 Å². The van der Waals surface area contributed by atoms with Gasteiger partial charge >= 0.3 is 0 Å². The van der Waals surface area contributed by atoms with Crippen molar-refractivity contribution in [2.24, 2.45) is 0 Å². The average Bonchev–Trinajstić information content (AvgIpc) is 2.75. The molecular formula is C22H17ClF2N2O4S. The zero-order chi connectivity index (χ0) is 23.2. The summed E-state index contributed by atoms with van der Waals surface area (Å²) in [6.07, 6.45) is 0.424. The maximum atomic E-state index is 14.8. The Hall–Kier alpha value is -3.17. The van der Waals surface area contributed by atoms with Crippen LogP contribution in [0.3, 0.4) is 0 Å². The van der Waals surface area contributed by atoms with Crippen LogP contribution in [-0.4, -0.2) is 19.4 Å². The molecule has 10 heteroatoms. The van der Waals surface area contributed by atoms with Crippen molar-refractivity contribution in [3.63, 3.8) is 0 Å². The minimum atomic E-state index is -4.59. The Kier molecular flexibility index (Phi) is 5.56. The van der Waals surface area contributed by atoms with Crippen molar-refractivity contribution >= 4 is 33.2 Å². The van der Waals surface area contributed by atoms with Crippen LogP contribution in [0.4, 0.5) is 14.5 Å². The zero-order valence-corrected chi connectivity index (χ0v) is 18.2. The number of anilines is 1. The lowest BCUT2D eigenvalue weighted by Crippen LogP contribution is -2.28. The van der Waals surface area contributed by atoms with Crippen LogP contribution in [0.25, 0.3) is 11.1 Å². The molecule has 32 heavy (non-hydrogen) atoms. The number of nitrogens with one attached hydrogen (secondary N) is 2. The lowest BCUT2D eigenvalue weighted by molar-refractivity contribution is 0.0935. The molecule has 166 valence electrons. The topological polar surface area (TPSA) is 95.5 Å². The smallest absolute Gasteiger partial charge is 0.265 e. The van der Waals surface area contributed by atoms with Crippen LogP contribution < -0.4 is 10.0 Å². The number of sulfonamides is 1. The summed E-state index contributed by atoms with van der Waals surface area (Å²) in [4.78, 5) is 12.2. The highest BCUT2D eigenvalue weighted by atomic mass is 35.5. The molecule has 0 aliphatic carbocycles. The molecule has 0 unspecified atom stereocenters. The fourth-order valence-corrected chi connectivity index (χ4v) is 5.11. The second-order valence-electron chi connectivity index (χ2n) is 7.24. The van der Waals surface area contributed by atoms with Crippen molar-refractivity contribution in [3.05, 3.63) is 76.3 Å². The number of carbonyl (C=O) groups excluding carboxylic acids is 1. The Balaban J connectivity index is 2.06. The van der Waals surface area contributed by atoms with E-state index in [4.69, 9.17) is 11.6 Å². The molecule has 0 saturated heterocycles. The third-order valence-corrected chi connectivity index (χ3v) is 6.89. The van der Waals surface area contributed by atoms with Gasteiger partial charge < -0.3 is 10.4 Å². The van der Waals surface area contributed by atoms with E-state index in [1.54, 1.807) is 24.3 Å². The molecule has 0 radical (unpaired) electrons. The molecule has 0 saturated carbocycles. The largest absolute Gasteiger partial charge is 0.505 e. The number of aromatic hydroxyl groups is 1. The number of phenols is 1. The summed E-state index contributed by atoms with van der Waals surface area (Å²) in [6.45, 7) is 1.81. The van der Waals surface area contributed by atoms with Crippen LogP contribution >= 0.6 is 11.6 Å². The number of hydrogen-bond acceptors (Lipinski definition) is 4. The van der Waals surface area contributed by atoms with Gasteiger partial charge in [-0.15, -0.1) is 0 Å². The molecule has 1 aliphatic heterocycles. The molecular weight excluding hydrogens is 462 g/mol. The van der Waals surface area contributed by atoms with Gasteiger partial charge in [0.1, 0.15) is 16.5 Å². The van der Waals surface area contributed by atoms with Gasteiger partial charge in [-0.2, -0.15) is 0 Å². The van der Waals surface area contributed by atoms with Gasteiger partial charge in [-0.25, -0.2) is 17.2 Å². The van der Waals surface area contributed by atoms with E-state index in [0.29, 0.717) is 23.6 Å². The monoisotopic (exact) mass is 478 g/mol. The summed E-state index contributed by atoms with van der Waals surface area (Å²) in [5.41, 5.74) is 0.225. The quantitative estimate of drug-likeness (QED) is 0.459. The first-order valence-electron chi connectivity index (χ1n) is 9.57. The van der Waals surface area contributed by atoms with Gasteiger partial charge in [0.05, 0.1) is 16.8 Å². The highest BCUT2D eigenvalue weighted by molar-refractivity contribution is 7.92. The minimum absolute atomic E-state index is 0.0550. The van der Waals surface area contributed by atoms with Gasteiger partial charge in [0.25, 0.3) is 15.9 Å². The van der Waals surface area contributed by atoms with E-state index in [-0.39, 0.29) is 16.1 Å². The van der Waals surface area contributed by atoms with Crippen molar-refractivity contribution in [3.8, 4) is 16.9 Å². The highest BCUT2D eigenvalue weighted by Gasteiger charge is 2.28. The lowest BCUT2D eigenvalue weighted by atomic mass is 9.92. The Morgan fingerprint density at radius 3 is 2.50 bits per heavy atom. The Morgan fingerprint density at radius 2 is 1.78 bits per heavy atom. The summed E-state index contributed by atoms with van der Waals surface area (Å²) >= 11 is 5.97. The summed E-state index contributed by atoms with van der Waals surface area (Å²) in [5, 5.41) is 12.6. The van der Waals surface area contributed by atoms with E-state index in [1.807, 2.05) is 11.6 Å². The van der Waals surface area contributed by atoms with Gasteiger partial charge in [0.15, 0.2) is 5.75 Å². The molecule has 3 aromatic carbocycles.